The average molecular weight is 221 g/mol. The Balaban J connectivity index is 2.91. The zero-order valence-corrected chi connectivity index (χ0v) is 10.1. The van der Waals surface area contributed by atoms with E-state index in [0.717, 1.165) is 12.1 Å². The van der Waals surface area contributed by atoms with Crippen LogP contribution in [0.25, 0.3) is 0 Å². The highest BCUT2D eigenvalue weighted by atomic mass is 16.4. The fourth-order valence-electron chi connectivity index (χ4n) is 1.75. The van der Waals surface area contributed by atoms with E-state index in [9.17, 15) is 4.79 Å². The number of carboxylic acids is 1. The van der Waals surface area contributed by atoms with Gasteiger partial charge in [-0.3, -0.25) is 4.90 Å². The van der Waals surface area contributed by atoms with Crippen LogP contribution >= 0.6 is 0 Å². The quantitative estimate of drug-likeness (QED) is 0.831. The van der Waals surface area contributed by atoms with Crippen LogP contribution in [0.1, 0.15) is 36.7 Å². The Labute approximate surface area is 96.7 Å². The monoisotopic (exact) mass is 221 g/mol. The molecule has 0 saturated carbocycles. The van der Waals surface area contributed by atoms with Crippen molar-refractivity contribution >= 4 is 5.97 Å². The molecular formula is C13H19NO2. The maximum absolute atomic E-state index is 11.0. The summed E-state index contributed by atoms with van der Waals surface area (Å²) in [7, 11) is 0. The number of carboxylic acid groups (broad SMARTS) is 1. The van der Waals surface area contributed by atoms with Crippen LogP contribution < -0.4 is 0 Å². The minimum absolute atomic E-state index is 0.404. The molecule has 0 aliphatic rings. The highest BCUT2D eigenvalue weighted by Crippen LogP contribution is 2.13. The van der Waals surface area contributed by atoms with Crippen LogP contribution in [0.3, 0.4) is 0 Å². The molecule has 0 aromatic heterocycles. The van der Waals surface area contributed by atoms with Gasteiger partial charge in [0.15, 0.2) is 0 Å². The lowest BCUT2D eigenvalue weighted by Crippen LogP contribution is -2.30. The molecule has 0 aliphatic heterocycles. The molecule has 16 heavy (non-hydrogen) atoms. The summed E-state index contributed by atoms with van der Waals surface area (Å²) in [4.78, 5) is 13.3. The fraction of sp³-hybridized carbons (Fsp3) is 0.462. The molecule has 0 bridgehead atoms. The molecule has 1 aromatic carbocycles. The minimum Gasteiger partial charge on any atom is -0.478 e. The van der Waals surface area contributed by atoms with Gasteiger partial charge in [0.05, 0.1) is 5.56 Å². The lowest BCUT2D eigenvalue weighted by Gasteiger charge is -2.25. The van der Waals surface area contributed by atoms with E-state index in [1.54, 1.807) is 12.1 Å². The molecule has 0 saturated heterocycles. The predicted octanol–water partition coefficient (Wildman–Crippen LogP) is 2.62. The molecule has 0 aliphatic carbocycles. The maximum Gasteiger partial charge on any atom is 0.336 e. The largest absolute Gasteiger partial charge is 0.478 e. The molecule has 0 fully saturated rings. The molecule has 3 heteroatoms. The molecule has 0 spiro atoms. The van der Waals surface area contributed by atoms with Gasteiger partial charge in [0.2, 0.25) is 0 Å². The molecule has 0 atom stereocenters. The van der Waals surface area contributed by atoms with Crippen molar-refractivity contribution in [2.45, 2.75) is 33.4 Å². The van der Waals surface area contributed by atoms with Gasteiger partial charge < -0.3 is 5.11 Å². The van der Waals surface area contributed by atoms with Crippen molar-refractivity contribution in [3.05, 3.63) is 35.4 Å². The summed E-state index contributed by atoms with van der Waals surface area (Å²) >= 11 is 0. The van der Waals surface area contributed by atoms with Gasteiger partial charge in [-0.2, -0.15) is 0 Å². The minimum atomic E-state index is -0.851. The first-order valence-corrected chi connectivity index (χ1v) is 5.61. The van der Waals surface area contributed by atoms with Crippen molar-refractivity contribution in [2.24, 2.45) is 0 Å². The van der Waals surface area contributed by atoms with Gasteiger partial charge in [0.1, 0.15) is 0 Å². The molecule has 0 unspecified atom stereocenters. The second-order valence-corrected chi connectivity index (χ2v) is 4.12. The summed E-state index contributed by atoms with van der Waals surface area (Å²) in [6.07, 6.45) is 0. The fourth-order valence-corrected chi connectivity index (χ4v) is 1.75. The van der Waals surface area contributed by atoms with Crippen LogP contribution in [0.4, 0.5) is 0 Å². The second-order valence-electron chi connectivity index (χ2n) is 4.12. The molecule has 88 valence electrons. The summed E-state index contributed by atoms with van der Waals surface area (Å²) in [5.41, 5.74) is 1.28. The lowest BCUT2D eigenvalue weighted by atomic mass is 10.1. The van der Waals surface area contributed by atoms with Crippen LogP contribution in [-0.2, 0) is 6.54 Å². The van der Waals surface area contributed by atoms with Gasteiger partial charge in [-0.25, -0.2) is 4.79 Å². The summed E-state index contributed by atoms with van der Waals surface area (Å²) < 4.78 is 0. The van der Waals surface area contributed by atoms with Crippen molar-refractivity contribution in [1.29, 1.82) is 0 Å². The Morgan fingerprint density at radius 1 is 1.38 bits per heavy atom. The van der Waals surface area contributed by atoms with Gasteiger partial charge in [0.25, 0.3) is 0 Å². The van der Waals surface area contributed by atoms with Crippen molar-refractivity contribution in [1.82, 2.24) is 4.90 Å². The van der Waals surface area contributed by atoms with E-state index in [4.69, 9.17) is 5.11 Å². The third-order valence-corrected chi connectivity index (χ3v) is 2.76. The first-order chi connectivity index (χ1) is 7.56. The summed E-state index contributed by atoms with van der Waals surface area (Å²) in [5.74, 6) is -0.851. The smallest absolute Gasteiger partial charge is 0.336 e. The maximum atomic E-state index is 11.0. The number of rotatable bonds is 5. The number of nitrogens with zero attached hydrogens (tertiary/aromatic N) is 1. The van der Waals surface area contributed by atoms with Gasteiger partial charge >= 0.3 is 5.97 Å². The highest BCUT2D eigenvalue weighted by Gasteiger charge is 2.13. The van der Waals surface area contributed by atoms with E-state index < -0.39 is 5.97 Å². The number of hydrogen-bond acceptors (Lipinski definition) is 2. The Morgan fingerprint density at radius 3 is 2.50 bits per heavy atom. The Morgan fingerprint density at radius 2 is 2.00 bits per heavy atom. The highest BCUT2D eigenvalue weighted by molar-refractivity contribution is 5.89. The zero-order valence-electron chi connectivity index (χ0n) is 10.1. The van der Waals surface area contributed by atoms with Crippen LogP contribution in [0, 0.1) is 0 Å². The van der Waals surface area contributed by atoms with Crippen molar-refractivity contribution < 1.29 is 9.90 Å². The number of aromatic carboxylic acids is 1. The van der Waals surface area contributed by atoms with Gasteiger partial charge in [0, 0.05) is 12.6 Å². The van der Waals surface area contributed by atoms with Crippen LogP contribution in [-0.4, -0.2) is 28.6 Å². The summed E-state index contributed by atoms with van der Waals surface area (Å²) in [6.45, 7) is 7.94. The zero-order chi connectivity index (χ0) is 12.1. The van der Waals surface area contributed by atoms with Crippen molar-refractivity contribution in [3.63, 3.8) is 0 Å². The number of carbonyl (C=O) groups is 1. The van der Waals surface area contributed by atoms with Crippen LogP contribution in [0.15, 0.2) is 24.3 Å². The van der Waals surface area contributed by atoms with Crippen molar-refractivity contribution in [2.75, 3.05) is 6.54 Å². The summed E-state index contributed by atoms with van der Waals surface area (Å²) in [5, 5.41) is 9.07. The Hall–Kier alpha value is -1.35. The SMILES string of the molecule is CCN(Cc1ccccc1C(=O)O)C(C)C. The molecule has 0 amide bonds. The molecular weight excluding hydrogens is 202 g/mol. The van der Waals surface area contributed by atoms with Gasteiger partial charge in [-0.05, 0) is 32.0 Å². The Bertz CT molecular complexity index is 361. The van der Waals surface area contributed by atoms with Crippen molar-refractivity contribution in [3.8, 4) is 0 Å². The number of hydrogen-bond donors (Lipinski definition) is 1. The molecule has 1 aromatic rings. The molecule has 1 N–H and O–H groups in total. The van der Waals surface area contributed by atoms with E-state index >= 15 is 0 Å². The second kappa shape index (κ2) is 5.66. The molecule has 0 heterocycles. The summed E-state index contributed by atoms with van der Waals surface area (Å²) in [6, 6.07) is 7.61. The lowest BCUT2D eigenvalue weighted by molar-refractivity contribution is 0.0694. The van der Waals surface area contributed by atoms with E-state index in [1.807, 2.05) is 12.1 Å². The van der Waals surface area contributed by atoms with Gasteiger partial charge in [-0.15, -0.1) is 0 Å². The topological polar surface area (TPSA) is 40.5 Å². The normalized spacial score (nSPS) is 11.1. The first kappa shape index (κ1) is 12.7. The first-order valence-electron chi connectivity index (χ1n) is 5.61. The van der Waals surface area contributed by atoms with E-state index in [1.165, 1.54) is 0 Å². The standard InChI is InChI=1S/C13H19NO2/c1-4-14(10(2)3)9-11-7-5-6-8-12(11)13(15)16/h5-8,10H,4,9H2,1-3H3,(H,15,16). The molecule has 1 rings (SSSR count). The molecule has 0 radical (unpaired) electrons. The predicted molar refractivity (Wildman–Crippen MR) is 64.6 cm³/mol. The van der Waals surface area contributed by atoms with Crippen LogP contribution in [0.2, 0.25) is 0 Å². The van der Waals surface area contributed by atoms with E-state index in [-0.39, 0.29) is 0 Å². The van der Waals surface area contributed by atoms with Crippen LogP contribution in [0.5, 0.6) is 0 Å². The number of benzene rings is 1. The average Bonchev–Trinajstić information content (AvgIpc) is 2.25. The van der Waals surface area contributed by atoms with Gasteiger partial charge in [-0.1, -0.05) is 25.1 Å². The third-order valence-electron chi connectivity index (χ3n) is 2.76. The third kappa shape index (κ3) is 3.07. The Kier molecular flexibility index (Phi) is 4.50. The van der Waals surface area contributed by atoms with E-state index in [0.29, 0.717) is 18.2 Å². The van der Waals surface area contributed by atoms with E-state index in [2.05, 4.69) is 25.7 Å². The molecule has 3 nitrogen and oxygen atoms in total.